The van der Waals surface area contributed by atoms with Gasteiger partial charge in [-0.2, -0.15) is 9.78 Å². The van der Waals surface area contributed by atoms with Crippen molar-refractivity contribution in [3.63, 3.8) is 0 Å². The number of nitrogens with zero attached hydrogens (tertiary/aromatic N) is 4. The van der Waals surface area contributed by atoms with E-state index in [2.05, 4.69) is 10.00 Å². The summed E-state index contributed by atoms with van der Waals surface area (Å²) >= 11 is 5.93. The highest BCUT2D eigenvalue weighted by atomic mass is 35.5. The van der Waals surface area contributed by atoms with Crippen LogP contribution in [0.5, 0.6) is 0 Å². The minimum absolute atomic E-state index is 0.0203. The van der Waals surface area contributed by atoms with E-state index < -0.39 is 5.97 Å². The Labute approximate surface area is 155 Å². The molecule has 3 heterocycles. The highest BCUT2D eigenvalue weighted by Gasteiger charge is 2.41. The van der Waals surface area contributed by atoms with Crippen molar-refractivity contribution in [3.05, 3.63) is 52.8 Å². The molecule has 2 unspecified atom stereocenters. The van der Waals surface area contributed by atoms with Crippen LogP contribution >= 0.6 is 11.6 Å². The van der Waals surface area contributed by atoms with Gasteiger partial charge in [-0.25, -0.2) is 9.59 Å². The van der Waals surface area contributed by atoms with Gasteiger partial charge in [-0.1, -0.05) is 23.7 Å². The van der Waals surface area contributed by atoms with E-state index in [1.165, 1.54) is 18.0 Å². The lowest BCUT2D eigenvalue weighted by atomic mass is 10.0. The Morgan fingerprint density at radius 1 is 1.12 bits per heavy atom. The van der Waals surface area contributed by atoms with Gasteiger partial charge in [-0.15, -0.1) is 0 Å². The first kappa shape index (κ1) is 17.1. The molecule has 1 aromatic carbocycles. The smallest absolute Gasteiger partial charge is 0.344 e. The van der Waals surface area contributed by atoms with E-state index in [1.807, 2.05) is 24.3 Å². The van der Waals surface area contributed by atoms with Gasteiger partial charge in [-0.3, -0.25) is 4.90 Å². The number of carboxylic acid groups (broad SMARTS) is 1. The van der Waals surface area contributed by atoms with Crippen LogP contribution in [0.4, 0.5) is 4.79 Å². The van der Waals surface area contributed by atoms with Gasteiger partial charge >= 0.3 is 12.0 Å². The maximum absolute atomic E-state index is 12.5. The van der Waals surface area contributed by atoms with Crippen molar-refractivity contribution in [2.24, 2.45) is 11.8 Å². The van der Waals surface area contributed by atoms with Gasteiger partial charge in [0, 0.05) is 37.7 Å². The molecule has 2 aliphatic heterocycles. The van der Waals surface area contributed by atoms with Crippen molar-refractivity contribution < 1.29 is 14.7 Å². The van der Waals surface area contributed by atoms with Gasteiger partial charge in [0.25, 0.3) is 0 Å². The van der Waals surface area contributed by atoms with Crippen LogP contribution in [0.1, 0.15) is 15.9 Å². The third-order valence-corrected chi connectivity index (χ3v) is 5.43. The van der Waals surface area contributed by atoms with Crippen LogP contribution in [-0.2, 0) is 6.54 Å². The molecule has 0 saturated carbocycles. The van der Waals surface area contributed by atoms with Crippen molar-refractivity contribution >= 4 is 23.6 Å². The van der Waals surface area contributed by atoms with E-state index in [4.69, 9.17) is 16.7 Å². The predicted molar refractivity (Wildman–Crippen MR) is 95.3 cm³/mol. The second-order valence-electron chi connectivity index (χ2n) is 7.01. The molecule has 4 rings (SSSR count). The molecule has 8 heteroatoms. The van der Waals surface area contributed by atoms with E-state index in [0.29, 0.717) is 24.9 Å². The molecule has 2 fully saturated rings. The first-order chi connectivity index (χ1) is 12.5. The lowest BCUT2D eigenvalue weighted by Crippen LogP contribution is -2.36. The second-order valence-corrected chi connectivity index (χ2v) is 7.44. The first-order valence-corrected chi connectivity index (χ1v) is 8.91. The Hall–Kier alpha value is -2.38. The number of hydrogen-bond acceptors (Lipinski definition) is 4. The summed E-state index contributed by atoms with van der Waals surface area (Å²) in [6, 6.07) is 7.65. The predicted octanol–water partition coefficient (Wildman–Crippen LogP) is 2.27. The number of fused-ring (bicyclic) bond motifs is 1. The zero-order chi connectivity index (χ0) is 18.3. The molecule has 26 heavy (non-hydrogen) atoms. The monoisotopic (exact) mass is 374 g/mol. The summed E-state index contributed by atoms with van der Waals surface area (Å²) < 4.78 is 1.12. The zero-order valence-electron chi connectivity index (χ0n) is 14.1. The maximum atomic E-state index is 12.5. The third kappa shape index (κ3) is 3.32. The minimum atomic E-state index is -1.08. The number of rotatable bonds is 3. The van der Waals surface area contributed by atoms with Crippen molar-refractivity contribution in [1.29, 1.82) is 0 Å². The lowest BCUT2D eigenvalue weighted by Gasteiger charge is -2.21. The average Bonchev–Trinajstić information content (AvgIpc) is 3.30. The van der Waals surface area contributed by atoms with E-state index in [9.17, 15) is 9.59 Å². The summed E-state index contributed by atoms with van der Waals surface area (Å²) in [5, 5.41) is 13.6. The molecule has 7 nitrogen and oxygen atoms in total. The van der Waals surface area contributed by atoms with E-state index in [-0.39, 0.29) is 11.6 Å². The van der Waals surface area contributed by atoms with Crippen molar-refractivity contribution in [2.75, 3.05) is 26.2 Å². The Morgan fingerprint density at radius 2 is 1.77 bits per heavy atom. The number of carbonyl (C=O) groups excluding carboxylic acids is 1. The molecule has 0 spiro atoms. The summed E-state index contributed by atoms with van der Waals surface area (Å²) in [7, 11) is 0. The van der Waals surface area contributed by atoms with Crippen LogP contribution < -0.4 is 0 Å². The largest absolute Gasteiger partial charge is 0.478 e. The van der Waals surface area contributed by atoms with Crippen LogP contribution in [0.25, 0.3) is 0 Å². The number of benzene rings is 1. The number of amides is 1. The molecule has 0 radical (unpaired) electrons. The van der Waals surface area contributed by atoms with Gasteiger partial charge < -0.3 is 10.0 Å². The van der Waals surface area contributed by atoms with Gasteiger partial charge in [-0.05, 0) is 29.5 Å². The van der Waals surface area contributed by atoms with Crippen molar-refractivity contribution in [2.45, 2.75) is 6.54 Å². The number of hydrogen-bond donors (Lipinski definition) is 1. The first-order valence-electron chi connectivity index (χ1n) is 8.53. The van der Waals surface area contributed by atoms with E-state index >= 15 is 0 Å². The molecule has 2 aliphatic rings. The number of likely N-dealkylation sites (tertiary alicyclic amines) is 2. The van der Waals surface area contributed by atoms with E-state index in [1.54, 1.807) is 4.90 Å². The summed E-state index contributed by atoms with van der Waals surface area (Å²) in [4.78, 5) is 27.6. The summed E-state index contributed by atoms with van der Waals surface area (Å²) in [6.45, 7) is 4.16. The van der Waals surface area contributed by atoms with Crippen molar-refractivity contribution in [3.8, 4) is 0 Å². The molecule has 0 aliphatic carbocycles. The number of aromatic nitrogens is 2. The Morgan fingerprint density at radius 3 is 2.35 bits per heavy atom. The molecule has 1 N–H and O–H groups in total. The molecule has 2 aromatic rings. The normalized spacial score (nSPS) is 22.6. The lowest BCUT2D eigenvalue weighted by molar-refractivity contribution is 0.0697. The summed E-state index contributed by atoms with van der Waals surface area (Å²) in [6.07, 6.45) is 2.47. The molecule has 0 bridgehead atoms. The topological polar surface area (TPSA) is 78.7 Å². The number of carboxylic acids is 1. The zero-order valence-corrected chi connectivity index (χ0v) is 14.8. The highest BCUT2D eigenvalue weighted by Crippen LogP contribution is 2.32. The molecule has 136 valence electrons. The average molecular weight is 375 g/mol. The van der Waals surface area contributed by atoms with Crippen LogP contribution in [-0.4, -0.2) is 62.9 Å². The van der Waals surface area contributed by atoms with Crippen LogP contribution in [0.15, 0.2) is 36.7 Å². The highest BCUT2D eigenvalue weighted by molar-refractivity contribution is 6.30. The molecule has 1 aromatic heterocycles. The molecule has 2 saturated heterocycles. The van der Waals surface area contributed by atoms with Gasteiger partial charge in [0.05, 0.1) is 18.0 Å². The fourth-order valence-corrected chi connectivity index (χ4v) is 4.03. The van der Waals surface area contributed by atoms with Gasteiger partial charge in [0.15, 0.2) is 0 Å². The van der Waals surface area contributed by atoms with Gasteiger partial charge in [0.1, 0.15) is 0 Å². The Kier molecular flexibility index (Phi) is 4.42. The van der Waals surface area contributed by atoms with Crippen LogP contribution in [0.2, 0.25) is 5.02 Å². The summed E-state index contributed by atoms with van der Waals surface area (Å²) in [5.41, 5.74) is 1.26. The Balaban J connectivity index is 1.34. The fraction of sp³-hybridized carbons (Fsp3) is 0.389. The SMILES string of the molecule is O=C(O)c1cnn(C(=O)N2CC3CN(Cc4ccc(Cl)cc4)CC3C2)c1. The van der Waals surface area contributed by atoms with Crippen LogP contribution in [0, 0.1) is 11.8 Å². The van der Waals surface area contributed by atoms with E-state index in [0.717, 1.165) is 29.3 Å². The van der Waals surface area contributed by atoms with Crippen LogP contribution in [0.3, 0.4) is 0 Å². The third-order valence-electron chi connectivity index (χ3n) is 5.18. The molecular weight excluding hydrogens is 356 g/mol. The quantitative estimate of drug-likeness (QED) is 0.891. The molecular formula is C18H19ClN4O3. The fourth-order valence-electron chi connectivity index (χ4n) is 3.91. The standard InChI is InChI=1S/C18H19ClN4O3/c19-16-3-1-12(2-4-16)6-21-7-14-9-22(10-15(14)8-21)18(26)23-11-13(5-20-23)17(24)25/h1-5,11,14-15H,6-10H2,(H,24,25). The van der Waals surface area contributed by atoms with Crippen molar-refractivity contribution in [1.82, 2.24) is 19.6 Å². The minimum Gasteiger partial charge on any atom is -0.478 e. The summed E-state index contributed by atoms with van der Waals surface area (Å²) in [5.74, 6) is -0.193. The van der Waals surface area contributed by atoms with Gasteiger partial charge in [0.2, 0.25) is 0 Å². The Bertz CT molecular complexity index is 821. The number of carbonyl (C=O) groups is 2. The molecule has 1 amide bonds. The number of aromatic carboxylic acids is 1. The second kappa shape index (κ2) is 6.74. The maximum Gasteiger partial charge on any atom is 0.344 e. The number of halogens is 1. The molecule has 2 atom stereocenters.